The number of amides is 2. The molecule has 0 bridgehead atoms. The molecule has 164 valence electrons. The smallest absolute Gasteiger partial charge is 0.263 e. The summed E-state index contributed by atoms with van der Waals surface area (Å²) in [6.45, 7) is 8.16. The van der Waals surface area contributed by atoms with Crippen molar-refractivity contribution in [1.29, 1.82) is 0 Å². The van der Waals surface area contributed by atoms with Crippen LogP contribution in [-0.2, 0) is 22.6 Å². The van der Waals surface area contributed by atoms with Gasteiger partial charge in [-0.3, -0.25) is 19.0 Å². The second kappa shape index (κ2) is 10.1. The van der Waals surface area contributed by atoms with Crippen LogP contribution in [0.25, 0.3) is 10.2 Å². The second-order valence-electron chi connectivity index (χ2n) is 7.03. The summed E-state index contributed by atoms with van der Waals surface area (Å²) in [6, 6.07) is 7.58. The fourth-order valence-electron chi connectivity index (χ4n) is 3.20. The number of thiophene rings is 1. The van der Waals surface area contributed by atoms with E-state index < -0.39 is 0 Å². The molecule has 2 N–H and O–H groups in total. The third kappa shape index (κ3) is 5.16. The van der Waals surface area contributed by atoms with Crippen LogP contribution < -0.4 is 16.2 Å². The third-order valence-electron chi connectivity index (χ3n) is 5.02. The first-order valence-corrected chi connectivity index (χ1v) is 11.9. The second-order valence-corrected chi connectivity index (χ2v) is 9.18. The first-order valence-electron chi connectivity index (χ1n) is 10.1. The number of hydrogen-bond acceptors (Lipinski definition) is 6. The predicted molar refractivity (Wildman–Crippen MR) is 127 cm³/mol. The molecule has 0 saturated heterocycles. The summed E-state index contributed by atoms with van der Waals surface area (Å²) >= 11 is 2.69. The molecule has 0 fully saturated rings. The number of aromatic nitrogens is 2. The Balaban J connectivity index is 1.61. The summed E-state index contributed by atoms with van der Waals surface area (Å²) in [5, 5.41) is 6.62. The van der Waals surface area contributed by atoms with Crippen LogP contribution in [0.4, 0.5) is 5.69 Å². The fraction of sp³-hybridized carbons (Fsp3) is 0.364. The molecule has 9 heteroatoms. The van der Waals surface area contributed by atoms with Crippen molar-refractivity contribution in [2.75, 3.05) is 17.6 Å². The Bertz CT molecular complexity index is 1180. The first kappa shape index (κ1) is 23.0. The minimum absolute atomic E-state index is 0.0696. The molecule has 0 radical (unpaired) electrons. The van der Waals surface area contributed by atoms with Crippen LogP contribution in [0.1, 0.15) is 29.9 Å². The molecule has 0 aliphatic heterocycles. The number of nitrogens with zero attached hydrogens (tertiary/aromatic N) is 2. The maximum atomic E-state index is 12.9. The summed E-state index contributed by atoms with van der Waals surface area (Å²) in [5.74, 6) is -0.506. The Hall–Kier alpha value is -2.65. The van der Waals surface area contributed by atoms with Crippen molar-refractivity contribution in [1.82, 2.24) is 14.9 Å². The van der Waals surface area contributed by atoms with E-state index in [0.29, 0.717) is 21.9 Å². The minimum Gasteiger partial charge on any atom is -0.346 e. The van der Waals surface area contributed by atoms with Crippen LogP contribution in [0.2, 0.25) is 0 Å². The Morgan fingerprint density at radius 2 is 1.90 bits per heavy atom. The molecule has 1 aromatic carbocycles. The van der Waals surface area contributed by atoms with Crippen molar-refractivity contribution >= 4 is 50.8 Å². The molecule has 0 unspecified atom stereocenters. The van der Waals surface area contributed by atoms with Gasteiger partial charge in [-0.15, -0.1) is 11.3 Å². The maximum absolute atomic E-state index is 12.9. The number of thioether (sulfide) groups is 1. The lowest BCUT2D eigenvalue weighted by Crippen LogP contribution is -2.34. The SMILES string of the molecule is CCc1ccccc1NC(=O)CNC(=O)CSc1nc2sc(C)c(C)c2c(=O)n1CC. The number of hydrogen-bond donors (Lipinski definition) is 2. The van der Waals surface area contributed by atoms with Crippen LogP contribution in [0.5, 0.6) is 0 Å². The molecule has 2 amide bonds. The Kier molecular flexibility index (Phi) is 7.50. The van der Waals surface area contributed by atoms with Crippen LogP contribution >= 0.6 is 23.1 Å². The summed E-state index contributed by atoms with van der Waals surface area (Å²) < 4.78 is 1.59. The lowest BCUT2D eigenvalue weighted by atomic mass is 10.1. The average Bonchev–Trinajstić information content (AvgIpc) is 3.04. The van der Waals surface area contributed by atoms with E-state index in [1.165, 1.54) is 23.1 Å². The Morgan fingerprint density at radius 3 is 2.61 bits per heavy atom. The van der Waals surface area contributed by atoms with E-state index in [4.69, 9.17) is 0 Å². The van der Waals surface area contributed by atoms with Gasteiger partial charge in [-0.2, -0.15) is 0 Å². The third-order valence-corrected chi connectivity index (χ3v) is 7.10. The lowest BCUT2D eigenvalue weighted by molar-refractivity contribution is -0.122. The van der Waals surface area contributed by atoms with Crippen LogP contribution in [0.15, 0.2) is 34.2 Å². The number of aryl methyl sites for hydroxylation is 3. The molecule has 31 heavy (non-hydrogen) atoms. The molecular weight excluding hydrogens is 432 g/mol. The van der Waals surface area contributed by atoms with Gasteiger partial charge in [0.1, 0.15) is 4.83 Å². The molecule has 0 atom stereocenters. The van der Waals surface area contributed by atoms with Gasteiger partial charge in [-0.05, 0) is 44.4 Å². The highest BCUT2D eigenvalue weighted by atomic mass is 32.2. The number of para-hydroxylation sites is 1. The van der Waals surface area contributed by atoms with E-state index in [-0.39, 0.29) is 29.7 Å². The summed E-state index contributed by atoms with van der Waals surface area (Å²) in [4.78, 5) is 43.7. The van der Waals surface area contributed by atoms with Gasteiger partial charge < -0.3 is 10.6 Å². The van der Waals surface area contributed by atoms with Gasteiger partial charge in [0.15, 0.2) is 5.16 Å². The molecule has 0 saturated carbocycles. The Morgan fingerprint density at radius 1 is 1.16 bits per heavy atom. The lowest BCUT2D eigenvalue weighted by Gasteiger charge is -2.11. The van der Waals surface area contributed by atoms with Crippen molar-refractivity contribution in [3.63, 3.8) is 0 Å². The van der Waals surface area contributed by atoms with E-state index in [0.717, 1.165) is 28.1 Å². The largest absolute Gasteiger partial charge is 0.346 e. The van der Waals surface area contributed by atoms with Gasteiger partial charge in [0.25, 0.3) is 5.56 Å². The molecule has 2 aromatic heterocycles. The maximum Gasteiger partial charge on any atom is 0.263 e. The molecule has 0 spiro atoms. The molecule has 3 aromatic rings. The first-order chi connectivity index (χ1) is 14.8. The number of fused-ring (bicyclic) bond motifs is 1. The van der Waals surface area contributed by atoms with E-state index in [2.05, 4.69) is 15.6 Å². The molecule has 2 heterocycles. The highest BCUT2D eigenvalue weighted by Crippen LogP contribution is 2.28. The van der Waals surface area contributed by atoms with Crippen LogP contribution in [0, 0.1) is 13.8 Å². The summed E-state index contributed by atoms with van der Waals surface area (Å²) in [7, 11) is 0. The van der Waals surface area contributed by atoms with E-state index in [1.807, 2.05) is 52.0 Å². The number of carbonyl (C=O) groups is 2. The van der Waals surface area contributed by atoms with Crippen LogP contribution in [-0.4, -0.2) is 33.7 Å². The monoisotopic (exact) mass is 458 g/mol. The molecular formula is C22H26N4O3S2. The number of carbonyl (C=O) groups excluding carboxylic acids is 2. The van der Waals surface area contributed by atoms with Gasteiger partial charge in [-0.1, -0.05) is 36.9 Å². The van der Waals surface area contributed by atoms with Gasteiger partial charge in [0.05, 0.1) is 17.7 Å². The number of benzene rings is 1. The van der Waals surface area contributed by atoms with Gasteiger partial charge in [0.2, 0.25) is 11.8 Å². The molecule has 0 aliphatic carbocycles. The van der Waals surface area contributed by atoms with Crippen molar-refractivity contribution in [2.45, 2.75) is 45.8 Å². The van der Waals surface area contributed by atoms with E-state index in [1.54, 1.807) is 4.57 Å². The van der Waals surface area contributed by atoms with Crippen molar-refractivity contribution in [3.8, 4) is 0 Å². The highest BCUT2D eigenvalue weighted by molar-refractivity contribution is 7.99. The molecule has 3 rings (SSSR count). The zero-order chi connectivity index (χ0) is 22.5. The van der Waals surface area contributed by atoms with E-state index >= 15 is 0 Å². The summed E-state index contributed by atoms with van der Waals surface area (Å²) in [5.41, 5.74) is 2.68. The normalized spacial score (nSPS) is 11.0. The minimum atomic E-state index is -0.292. The van der Waals surface area contributed by atoms with Gasteiger partial charge >= 0.3 is 0 Å². The van der Waals surface area contributed by atoms with Gasteiger partial charge in [0, 0.05) is 17.1 Å². The summed E-state index contributed by atoms with van der Waals surface area (Å²) in [6.07, 6.45) is 0.805. The molecule has 0 aliphatic rings. The number of rotatable bonds is 8. The molecule has 7 nitrogen and oxygen atoms in total. The number of anilines is 1. The highest BCUT2D eigenvalue weighted by Gasteiger charge is 2.17. The predicted octanol–water partition coefficient (Wildman–Crippen LogP) is 3.50. The zero-order valence-corrected chi connectivity index (χ0v) is 19.7. The van der Waals surface area contributed by atoms with Crippen molar-refractivity contribution in [3.05, 3.63) is 50.6 Å². The average molecular weight is 459 g/mol. The Labute approximate surface area is 189 Å². The van der Waals surface area contributed by atoms with Crippen molar-refractivity contribution in [2.24, 2.45) is 0 Å². The standard InChI is InChI=1S/C22H26N4O3S2/c1-5-15-9-7-8-10-16(15)24-17(27)11-23-18(28)12-30-22-25-20-19(13(3)14(4)31-20)21(29)26(22)6-2/h7-10H,5-6,11-12H2,1-4H3,(H,23,28)(H,24,27). The van der Waals surface area contributed by atoms with Gasteiger partial charge in [-0.25, -0.2) is 4.98 Å². The topological polar surface area (TPSA) is 93.1 Å². The quantitative estimate of drug-likeness (QED) is 0.398. The van der Waals surface area contributed by atoms with Crippen molar-refractivity contribution < 1.29 is 9.59 Å². The fourth-order valence-corrected chi connectivity index (χ4v) is 5.17. The number of nitrogens with one attached hydrogen (secondary N) is 2. The van der Waals surface area contributed by atoms with Crippen LogP contribution in [0.3, 0.4) is 0 Å². The zero-order valence-electron chi connectivity index (χ0n) is 18.1. The van der Waals surface area contributed by atoms with E-state index in [9.17, 15) is 14.4 Å².